The summed E-state index contributed by atoms with van der Waals surface area (Å²) in [7, 11) is -3.75. The van der Waals surface area contributed by atoms with Crippen LogP contribution in [0.25, 0.3) is 0 Å². The molecule has 31 heavy (non-hydrogen) atoms. The summed E-state index contributed by atoms with van der Waals surface area (Å²) in [5.41, 5.74) is 0.823. The Morgan fingerprint density at radius 2 is 1.81 bits per heavy atom. The number of anilines is 1. The fourth-order valence-electron chi connectivity index (χ4n) is 3.29. The quantitative estimate of drug-likeness (QED) is 0.225. The molecule has 2 heterocycles. The van der Waals surface area contributed by atoms with Crippen LogP contribution in [0.3, 0.4) is 0 Å². The number of rotatable bonds is 10. The molecule has 2 N–H and O–H groups in total. The number of piperazine rings is 1. The van der Waals surface area contributed by atoms with Crippen molar-refractivity contribution in [2.45, 2.75) is 12.6 Å². The lowest BCUT2D eigenvalue weighted by Crippen LogP contribution is -2.54. The number of amides is 1. The van der Waals surface area contributed by atoms with E-state index in [9.17, 15) is 22.8 Å². The average molecular weight is 453 g/mol. The molecule has 1 saturated heterocycles. The Hall–Kier alpha value is -2.67. The number of nitrogens with one attached hydrogen (secondary N) is 1. The van der Waals surface area contributed by atoms with Crippen molar-refractivity contribution in [1.29, 1.82) is 0 Å². The number of halogens is 1. The Labute approximate surface area is 180 Å². The predicted molar refractivity (Wildman–Crippen MR) is 111 cm³/mol. The first kappa shape index (κ1) is 23.0. The standard InChI is InChI=1S/C19H25FN6O4S/c20-16-2-4-17(5-3-16)24-10-12-25(13-11-24)31(29,30)14-19(26(28)15-27)23-9-6-18-21-7-1-8-22-18/h1-5,7-8,15,19,23,28H,6,9-14H2/t19-/m0/s1. The van der Waals surface area contributed by atoms with Gasteiger partial charge in [0.05, 0.1) is 0 Å². The first-order chi connectivity index (χ1) is 14.9. The van der Waals surface area contributed by atoms with Crippen LogP contribution in [-0.4, -0.2) is 84.0 Å². The number of hydrogen-bond acceptors (Lipinski definition) is 8. The van der Waals surface area contributed by atoms with Crippen LogP contribution in [0.15, 0.2) is 42.7 Å². The Kier molecular flexibility index (Phi) is 7.85. The molecule has 0 bridgehead atoms. The maximum Gasteiger partial charge on any atom is 0.234 e. The normalized spacial score (nSPS) is 16.1. The summed E-state index contributed by atoms with van der Waals surface area (Å²) in [5.74, 6) is -0.246. The summed E-state index contributed by atoms with van der Waals surface area (Å²) < 4.78 is 40.2. The molecule has 1 aliphatic heterocycles. The molecule has 0 spiro atoms. The number of carbonyl (C=O) groups excluding carboxylic acids is 1. The number of aromatic nitrogens is 2. The third kappa shape index (κ3) is 6.40. The summed E-state index contributed by atoms with van der Waals surface area (Å²) in [6, 6.07) is 7.73. The molecular formula is C19H25FN6O4S. The van der Waals surface area contributed by atoms with E-state index in [2.05, 4.69) is 15.3 Å². The van der Waals surface area contributed by atoms with Gasteiger partial charge in [0.15, 0.2) is 0 Å². The molecule has 0 saturated carbocycles. The number of carbonyl (C=O) groups is 1. The molecule has 168 valence electrons. The van der Waals surface area contributed by atoms with Crippen molar-refractivity contribution in [2.75, 3.05) is 43.4 Å². The van der Waals surface area contributed by atoms with Gasteiger partial charge in [0.1, 0.15) is 23.6 Å². The number of nitrogens with zero attached hydrogens (tertiary/aromatic N) is 5. The number of hydrogen-bond donors (Lipinski definition) is 2. The van der Waals surface area contributed by atoms with Gasteiger partial charge in [0, 0.05) is 57.2 Å². The summed E-state index contributed by atoms with van der Waals surface area (Å²) in [6.45, 7) is 1.66. The highest BCUT2D eigenvalue weighted by Crippen LogP contribution is 2.18. The first-order valence-corrected chi connectivity index (χ1v) is 11.4. The number of sulfonamides is 1. The molecule has 1 aromatic heterocycles. The van der Waals surface area contributed by atoms with E-state index in [-0.39, 0.29) is 31.9 Å². The van der Waals surface area contributed by atoms with E-state index in [0.29, 0.717) is 30.4 Å². The monoisotopic (exact) mass is 452 g/mol. The lowest BCUT2D eigenvalue weighted by atomic mass is 10.2. The minimum Gasteiger partial charge on any atom is -0.369 e. The summed E-state index contributed by atoms with van der Waals surface area (Å²) >= 11 is 0. The molecule has 10 nitrogen and oxygen atoms in total. The van der Waals surface area contributed by atoms with Crippen molar-refractivity contribution in [1.82, 2.24) is 24.7 Å². The maximum atomic E-state index is 13.1. The number of benzene rings is 1. The Morgan fingerprint density at radius 1 is 1.16 bits per heavy atom. The largest absolute Gasteiger partial charge is 0.369 e. The van der Waals surface area contributed by atoms with E-state index in [1.807, 2.05) is 4.90 Å². The molecule has 1 amide bonds. The van der Waals surface area contributed by atoms with Crippen LogP contribution in [0.5, 0.6) is 0 Å². The van der Waals surface area contributed by atoms with Gasteiger partial charge in [-0.2, -0.15) is 4.31 Å². The Bertz CT molecular complexity index is 940. The molecular weight excluding hydrogens is 427 g/mol. The van der Waals surface area contributed by atoms with Crippen LogP contribution in [-0.2, 0) is 21.2 Å². The zero-order valence-electron chi connectivity index (χ0n) is 16.8. The highest BCUT2D eigenvalue weighted by atomic mass is 32.2. The summed E-state index contributed by atoms with van der Waals surface area (Å²) in [6.07, 6.45) is 2.65. The second-order valence-electron chi connectivity index (χ2n) is 7.01. The van der Waals surface area contributed by atoms with Crippen LogP contribution in [0.1, 0.15) is 5.82 Å². The maximum absolute atomic E-state index is 13.1. The predicted octanol–water partition coefficient (Wildman–Crippen LogP) is 0.0735. The van der Waals surface area contributed by atoms with Crippen molar-refractivity contribution < 1.29 is 22.8 Å². The van der Waals surface area contributed by atoms with Crippen molar-refractivity contribution >= 4 is 22.1 Å². The van der Waals surface area contributed by atoms with E-state index in [4.69, 9.17) is 0 Å². The van der Waals surface area contributed by atoms with Gasteiger partial charge >= 0.3 is 0 Å². The molecule has 3 rings (SSSR count). The van der Waals surface area contributed by atoms with Gasteiger partial charge < -0.3 is 4.90 Å². The Balaban J connectivity index is 1.56. The van der Waals surface area contributed by atoms with Crippen molar-refractivity contribution in [3.8, 4) is 0 Å². The summed E-state index contributed by atoms with van der Waals surface area (Å²) in [5, 5.41) is 13.0. The van der Waals surface area contributed by atoms with Crippen LogP contribution >= 0.6 is 0 Å². The highest BCUT2D eigenvalue weighted by molar-refractivity contribution is 7.89. The second kappa shape index (κ2) is 10.6. The molecule has 2 aromatic rings. The van der Waals surface area contributed by atoms with Gasteiger partial charge in [-0.3, -0.25) is 15.3 Å². The van der Waals surface area contributed by atoms with Gasteiger partial charge in [0.2, 0.25) is 16.4 Å². The SMILES string of the molecule is O=CN(O)[C@@H](CS(=O)(=O)N1CCN(c2ccc(F)cc2)CC1)NCCc1ncccn1. The molecule has 0 aliphatic carbocycles. The van der Waals surface area contributed by atoms with Crippen LogP contribution in [0, 0.1) is 5.82 Å². The summed E-state index contributed by atoms with van der Waals surface area (Å²) in [4.78, 5) is 21.2. The molecule has 1 atom stereocenters. The Morgan fingerprint density at radius 3 is 2.42 bits per heavy atom. The molecule has 1 aliphatic rings. The second-order valence-corrected chi connectivity index (χ2v) is 9.02. The lowest BCUT2D eigenvalue weighted by Gasteiger charge is -2.36. The average Bonchev–Trinajstić information content (AvgIpc) is 2.79. The zero-order chi connectivity index (χ0) is 22.3. The topological polar surface area (TPSA) is 119 Å². The number of hydroxylamine groups is 2. The van der Waals surface area contributed by atoms with Gasteiger partial charge in [-0.05, 0) is 30.3 Å². The molecule has 0 radical (unpaired) electrons. The minimum absolute atomic E-state index is 0.165. The fraction of sp³-hybridized carbons (Fsp3) is 0.421. The van der Waals surface area contributed by atoms with Gasteiger partial charge in [-0.15, -0.1) is 0 Å². The van der Waals surface area contributed by atoms with E-state index >= 15 is 0 Å². The molecule has 12 heteroatoms. The minimum atomic E-state index is -3.75. The van der Waals surface area contributed by atoms with Crippen molar-refractivity contribution in [2.24, 2.45) is 0 Å². The van der Waals surface area contributed by atoms with E-state index in [1.54, 1.807) is 30.6 Å². The fourth-order valence-corrected chi connectivity index (χ4v) is 4.89. The van der Waals surface area contributed by atoms with Gasteiger partial charge in [-0.25, -0.2) is 27.8 Å². The van der Waals surface area contributed by atoms with Crippen molar-refractivity contribution in [3.63, 3.8) is 0 Å². The first-order valence-electron chi connectivity index (χ1n) is 9.79. The van der Waals surface area contributed by atoms with E-state index in [1.165, 1.54) is 16.4 Å². The third-order valence-corrected chi connectivity index (χ3v) is 6.86. The van der Waals surface area contributed by atoms with Crippen LogP contribution in [0.2, 0.25) is 0 Å². The van der Waals surface area contributed by atoms with Crippen molar-refractivity contribution in [3.05, 3.63) is 54.4 Å². The molecule has 0 unspecified atom stereocenters. The van der Waals surface area contributed by atoms with E-state index < -0.39 is 21.9 Å². The van der Waals surface area contributed by atoms with Crippen LogP contribution < -0.4 is 10.2 Å². The zero-order valence-corrected chi connectivity index (χ0v) is 17.7. The van der Waals surface area contributed by atoms with Gasteiger partial charge in [0.25, 0.3) is 0 Å². The molecule has 1 aromatic carbocycles. The highest BCUT2D eigenvalue weighted by Gasteiger charge is 2.31. The lowest BCUT2D eigenvalue weighted by molar-refractivity contribution is -0.160. The van der Waals surface area contributed by atoms with Crippen LogP contribution in [0.4, 0.5) is 10.1 Å². The smallest absolute Gasteiger partial charge is 0.234 e. The molecule has 1 fully saturated rings. The van der Waals surface area contributed by atoms with E-state index in [0.717, 1.165) is 5.69 Å². The third-order valence-electron chi connectivity index (χ3n) is 4.97. The van der Waals surface area contributed by atoms with Gasteiger partial charge in [-0.1, -0.05) is 0 Å².